The molecule has 0 aromatic heterocycles. The largest absolute Gasteiger partial charge is 0.453 e. The molecule has 0 radical (unpaired) electrons. The molecule has 1 heterocycles. The van der Waals surface area contributed by atoms with E-state index in [1.54, 1.807) is 11.8 Å². The van der Waals surface area contributed by atoms with E-state index >= 15 is 0 Å². The third kappa shape index (κ3) is 3.23. The van der Waals surface area contributed by atoms with Crippen LogP contribution < -0.4 is 5.32 Å². The smallest absolute Gasteiger partial charge is 0.407 e. The highest BCUT2D eigenvalue weighted by Crippen LogP contribution is 2.68. The molecule has 1 N–H and O–H groups in total. The van der Waals surface area contributed by atoms with Gasteiger partial charge in [0.1, 0.15) is 11.6 Å². The number of amides is 2. The molecule has 2 amide bonds. The Labute approximate surface area is 187 Å². The summed E-state index contributed by atoms with van der Waals surface area (Å²) < 4.78 is 18.4. The van der Waals surface area contributed by atoms with Gasteiger partial charge in [0.15, 0.2) is 0 Å². The van der Waals surface area contributed by atoms with E-state index in [1.807, 2.05) is 12.1 Å². The van der Waals surface area contributed by atoms with Gasteiger partial charge in [0.2, 0.25) is 5.91 Å². The number of nitrogens with zero attached hydrogens (tertiary/aromatic N) is 1. The summed E-state index contributed by atoms with van der Waals surface area (Å²) in [6, 6.07) is 6.60. The van der Waals surface area contributed by atoms with Crippen molar-refractivity contribution in [1.82, 2.24) is 10.2 Å². The average molecular weight is 443 g/mol. The van der Waals surface area contributed by atoms with E-state index in [0.29, 0.717) is 25.4 Å². The average Bonchev–Trinajstić information content (AvgIpc) is 2.72. The Morgan fingerprint density at radius 2 is 1.72 bits per heavy atom. The van der Waals surface area contributed by atoms with Gasteiger partial charge in [-0.1, -0.05) is 12.1 Å². The van der Waals surface area contributed by atoms with E-state index in [1.165, 1.54) is 19.2 Å². The zero-order valence-corrected chi connectivity index (χ0v) is 18.7. The Balaban J connectivity index is 1.42. The van der Waals surface area contributed by atoms with E-state index in [9.17, 15) is 18.8 Å². The van der Waals surface area contributed by atoms with E-state index in [-0.39, 0.29) is 46.2 Å². The van der Waals surface area contributed by atoms with E-state index < -0.39 is 6.09 Å². The highest BCUT2D eigenvalue weighted by Gasteiger charge is 2.64. The molecule has 6 nitrogen and oxygen atoms in total. The lowest BCUT2D eigenvalue weighted by Gasteiger charge is -2.65. The monoisotopic (exact) mass is 442 g/mol. The summed E-state index contributed by atoms with van der Waals surface area (Å²) in [5.74, 6) is 1.11. The van der Waals surface area contributed by atoms with Crippen molar-refractivity contribution in [1.29, 1.82) is 0 Å². The Hall–Kier alpha value is -2.44. The van der Waals surface area contributed by atoms with Crippen molar-refractivity contribution in [3.8, 4) is 0 Å². The SMILES string of the molecule is COC(=O)NC1CN(C(=O)C[C@]2(c3ccc(F)cc3)C3CC4CC2C[C@](C(C)=O)(C4)C3)C1. The van der Waals surface area contributed by atoms with E-state index in [2.05, 4.69) is 10.1 Å². The van der Waals surface area contributed by atoms with Crippen LogP contribution in [0.4, 0.5) is 9.18 Å². The fraction of sp³-hybridized carbons (Fsp3) is 0.640. The number of ether oxygens (including phenoxy) is 1. The summed E-state index contributed by atoms with van der Waals surface area (Å²) in [4.78, 5) is 39.3. The minimum Gasteiger partial charge on any atom is -0.453 e. The molecule has 5 aliphatic rings. The standard InChI is InChI=1S/C25H31FN2O4/c1-15(29)24-9-16-7-18(10-24)25(19(8-16)11-24,17-3-5-20(26)6-4-17)12-22(30)28-13-21(14-28)27-23(31)32-2/h3-6,16,18-19,21H,7-14H2,1-2H3,(H,27,31)/t16?,18?,19?,24-,25-. The number of carbonyl (C=O) groups is 3. The van der Waals surface area contributed by atoms with Crippen molar-refractivity contribution in [2.75, 3.05) is 20.2 Å². The molecule has 5 fully saturated rings. The van der Waals surface area contributed by atoms with Gasteiger partial charge in [-0.25, -0.2) is 9.18 Å². The van der Waals surface area contributed by atoms with Crippen LogP contribution in [0.3, 0.4) is 0 Å². The molecule has 1 aliphatic heterocycles. The van der Waals surface area contributed by atoms with Crippen molar-refractivity contribution in [3.63, 3.8) is 0 Å². The van der Waals surface area contributed by atoms with Crippen LogP contribution in [-0.4, -0.2) is 48.9 Å². The molecule has 172 valence electrons. The molecular formula is C25H31FN2O4. The topological polar surface area (TPSA) is 75.7 Å². The molecule has 0 spiro atoms. The van der Waals surface area contributed by atoms with Gasteiger partial charge >= 0.3 is 6.09 Å². The maximum absolute atomic E-state index is 13.8. The molecule has 32 heavy (non-hydrogen) atoms. The molecule has 2 unspecified atom stereocenters. The second-order valence-electron chi connectivity index (χ2n) is 10.5. The number of ketones is 1. The highest BCUT2D eigenvalue weighted by atomic mass is 19.1. The van der Waals surface area contributed by atoms with Crippen molar-refractivity contribution < 1.29 is 23.5 Å². The molecule has 1 aromatic rings. The number of hydrogen-bond donors (Lipinski definition) is 1. The molecule has 4 saturated carbocycles. The van der Waals surface area contributed by atoms with Crippen LogP contribution >= 0.6 is 0 Å². The maximum atomic E-state index is 13.8. The first kappa shape index (κ1) is 21.4. The quantitative estimate of drug-likeness (QED) is 0.758. The number of benzene rings is 1. The van der Waals surface area contributed by atoms with Crippen LogP contribution in [0.5, 0.6) is 0 Å². The molecule has 7 heteroatoms. The number of methoxy groups -OCH3 is 1. The van der Waals surface area contributed by atoms with Gasteiger partial charge in [0.05, 0.1) is 13.2 Å². The molecule has 4 aliphatic carbocycles. The first-order valence-corrected chi connectivity index (χ1v) is 11.6. The van der Waals surface area contributed by atoms with Gasteiger partial charge in [-0.2, -0.15) is 0 Å². The van der Waals surface area contributed by atoms with Gasteiger partial charge < -0.3 is 15.0 Å². The Kier molecular flexibility index (Phi) is 5.06. The number of rotatable bonds is 5. The summed E-state index contributed by atoms with van der Waals surface area (Å²) in [6.45, 7) is 2.68. The number of hydrogen-bond acceptors (Lipinski definition) is 4. The summed E-state index contributed by atoms with van der Waals surface area (Å²) in [5.41, 5.74) is 0.432. The second kappa shape index (κ2) is 7.56. The van der Waals surface area contributed by atoms with Crippen LogP contribution in [0.15, 0.2) is 24.3 Å². The van der Waals surface area contributed by atoms with Crippen molar-refractivity contribution in [3.05, 3.63) is 35.6 Å². The lowest BCUT2D eigenvalue weighted by molar-refractivity contribution is -0.159. The second-order valence-corrected chi connectivity index (χ2v) is 10.5. The zero-order valence-electron chi connectivity index (χ0n) is 18.7. The molecule has 4 bridgehead atoms. The van der Waals surface area contributed by atoms with Crippen LogP contribution in [0.1, 0.15) is 51.0 Å². The van der Waals surface area contributed by atoms with Crippen molar-refractivity contribution >= 4 is 17.8 Å². The normalized spacial score (nSPS) is 35.3. The Morgan fingerprint density at radius 1 is 1.09 bits per heavy atom. The van der Waals surface area contributed by atoms with Crippen molar-refractivity contribution in [2.45, 2.75) is 56.9 Å². The lowest BCUT2D eigenvalue weighted by atomic mass is 9.38. The Bertz CT molecular complexity index is 924. The molecule has 2 atom stereocenters. The third-order valence-electron chi connectivity index (χ3n) is 8.96. The van der Waals surface area contributed by atoms with Crippen molar-refractivity contribution in [2.24, 2.45) is 23.2 Å². The molecule has 1 saturated heterocycles. The first-order valence-electron chi connectivity index (χ1n) is 11.6. The number of Topliss-reactive ketones (excluding diaryl/α,β-unsaturated/α-hetero) is 1. The van der Waals surface area contributed by atoms with Crippen LogP contribution in [0.25, 0.3) is 0 Å². The molecule has 6 rings (SSSR count). The van der Waals surface area contributed by atoms with Crippen LogP contribution in [0, 0.1) is 29.0 Å². The first-order chi connectivity index (χ1) is 15.3. The van der Waals surface area contributed by atoms with Crippen LogP contribution in [0.2, 0.25) is 0 Å². The minimum atomic E-state index is -0.486. The third-order valence-corrected chi connectivity index (χ3v) is 8.96. The predicted molar refractivity (Wildman–Crippen MR) is 115 cm³/mol. The summed E-state index contributed by atoms with van der Waals surface area (Å²) in [7, 11) is 1.32. The minimum absolute atomic E-state index is 0.0709. The lowest BCUT2D eigenvalue weighted by Crippen LogP contribution is -2.64. The van der Waals surface area contributed by atoms with Gasteiger partial charge in [-0.15, -0.1) is 0 Å². The fourth-order valence-electron chi connectivity index (χ4n) is 7.51. The Morgan fingerprint density at radius 3 is 2.28 bits per heavy atom. The number of alkyl carbamates (subject to hydrolysis) is 1. The predicted octanol–water partition coefficient (Wildman–Crippen LogP) is 3.44. The van der Waals surface area contributed by atoms with Gasteiger partial charge in [0, 0.05) is 30.3 Å². The zero-order chi connectivity index (χ0) is 22.7. The molecular weight excluding hydrogens is 411 g/mol. The number of carbonyl (C=O) groups excluding carboxylic acids is 3. The summed E-state index contributed by atoms with van der Waals surface area (Å²) in [5, 5.41) is 2.74. The number of nitrogens with one attached hydrogen (secondary N) is 1. The number of likely N-dealkylation sites (tertiary alicyclic amines) is 1. The summed E-state index contributed by atoms with van der Waals surface area (Å²) >= 11 is 0. The summed E-state index contributed by atoms with van der Waals surface area (Å²) in [6.07, 6.45) is 4.58. The van der Waals surface area contributed by atoms with Gasteiger partial charge in [-0.3, -0.25) is 9.59 Å². The molecule has 1 aromatic carbocycles. The van der Waals surface area contributed by atoms with Gasteiger partial charge in [-0.05, 0) is 74.5 Å². The maximum Gasteiger partial charge on any atom is 0.407 e. The fourth-order valence-corrected chi connectivity index (χ4v) is 7.51. The van der Waals surface area contributed by atoms with E-state index in [0.717, 1.165) is 37.7 Å². The van der Waals surface area contributed by atoms with Crippen LogP contribution in [-0.2, 0) is 19.7 Å². The number of halogens is 1. The van der Waals surface area contributed by atoms with Gasteiger partial charge in [0.25, 0.3) is 0 Å². The highest BCUT2D eigenvalue weighted by molar-refractivity contribution is 5.84. The van der Waals surface area contributed by atoms with E-state index in [4.69, 9.17) is 0 Å².